The molecule has 0 spiro atoms. The van der Waals surface area contributed by atoms with E-state index in [0.717, 1.165) is 68.4 Å². The molecule has 250 valence electrons. The van der Waals surface area contributed by atoms with Gasteiger partial charge in [0.25, 0.3) is 0 Å². The molecule has 0 saturated heterocycles. The van der Waals surface area contributed by atoms with Crippen LogP contribution in [0.15, 0.2) is 181 Å². The Hall–Kier alpha value is -7.11. The lowest BCUT2D eigenvalue weighted by Crippen LogP contribution is -2.21. The molecule has 0 N–H and O–H groups in total. The van der Waals surface area contributed by atoms with Crippen LogP contribution >= 0.6 is 0 Å². The predicted molar refractivity (Wildman–Crippen MR) is 220 cm³/mol. The summed E-state index contributed by atoms with van der Waals surface area (Å²) in [4.78, 5) is 17.1. The van der Waals surface area contributed by atoms with Crippen LogP contribution in [0.1, 0.15) is 5.56 Å². The van der Waals surface area contributed by atoms with Crippen LogP contribution in [0.25, 0.3) is 72.5 Å². The molecule has 10 rings (SSSR count). The maximum Gasteiger partial charge on any atom is 0.160 e. The van der Waals surface area contributed by atoms with Gasteiger partial charge in [-0.3, -0.25) is 4.99 Å². The van der Waals surface area contributed by atoms with Crippen LogP contribution in [0.3, 0.4) is 0 Å². The maximum atomic E-state index is 5.14. The standard InChI is InChI=1S/C48H33N5/c1-49-41-24-11-13-26-45(41)52-31-35-19-8-9-22-37(35)39-29-47-40(28-46(39)52)38-23-10-12-25-44(38)53(47)36-21-14-20-34(27-36)48-50-42(32-15-4-2-5-16-32)30-43(51-48)33-17-6-3-7-18-33/h2-30H,1,31H2. The Bertz CT molecular complexity index is 2780. The Kier molecular flexibility index (Phi) is 7.29. The van der Waals surface area contributed by atoms with Crippen molar-refractivity contribution >= 4 is 45.6 Å². The molecule has 5 nitrogen and oxygen atoms in total. The van der Waals surface area contributed by atoms with Gasteiger partial charge in [0.05, 0.1) is 39.5 Å². The summed E-state index contributed by atoms with van der Waals surface area (Å²) in [6.45, 7) is 4.64. The fraction of sp³-hybridized carbons (Fsp3) is 0.0208. The summed E-state index contributed by atoms with van der Waals surface area (Å²) < 4.78 is 2.38. The van der Waals surface area contributed by atoms with Gasteiger partial charge in [-0.25, -0.2) is 9.97 Å². The van der Waals surface area contributed by atoms with E-state index < -0.39 is 0 Å². The lowest BCUT2D eigenvalue weighted by molar-refractivity contribution is 0.962. The summed E-state index contributed by atoms with van der Waals surface area (Å²) in [7, 11) is 0. The number of fused-ring (bicyclic) bond motifs is 6. The molecule has 3 heterocycles. The third-order valence-corrected chi connectivity index (χ3v) is 10.3. The smallest absolute Gasteiger partial charge is 0.160 e. The summed E-state index contributed by atoms with van der Waals surface area (Å²) in [6, 6.07) is 61.8. The van der Waals surface area contributed by atoms with Gasteiger partial charge in [0, 0.05) is 45.3 Å². The number of para-hydroxylation sites is 3. The second-order valence-electron chi connectivity index (χ2n) is 13.4. The summed E-state index contributed by atoms with van der Waals surface area (Å²) in [5.74, 6) is 0.685. The van der Waals surface area contributed by atoms with Crippen molar-refractivity contribution in [2.24, 2.45) is 4.99 Å². The van der Waals surface area contributed by atoms with E-state index in [2.05, 4.69) is 149 Å². The molecule has 0 aliphatic carbocycles. The molecule has 1 aliphatic heterocycles. The number of aromatic nitrogens is 3. The molecule has 1 aliphatic rings. The molecular weight excluding hydrogens is 647 g/mol. The van der Waals surface area contributed by atoms with Crippen molar-refractivity contribution in [3.05, 3.63) is 181 Å². The van der Waals surface area contributed by atoms with Crippen molar-refractivity contribution in [1.82, 2.24) is 14.5 Å². The minimum absolute atomic E-state index is 0.685. The van der Waals surface area contributed by atoms with E-state index in [1.54, 1.807) is 0 Å². The summed E-state index contributed by atoms with van der Waals surface area (Å²) in [6.07, 6.45) is 0. The molecule has 5 heteroatoms. The fourth-order valence-corrected chi connectivity index (χ4v) is 7.81. The van der Waals surface area contributed by atoms with Gasteiger partial charge in [0.15, 0.2) is 5.82 Å². The highest BCUT2D eigenvalue weighted by molar-refractivity contribution is 6.13. The first-order chi connectivity index (χ1) is 26.2. The second kappa shape index (κ2) is 12.6. The van der Waals surface area contributed by atoms with Gasteiger partial charge in [-0.1, -0.05) is 127 Å². The van der Waals surface area contributed by atoms with E-state index in [4.69, 9.17) is 9.97 Å². The van der Waals surface area contributed by atoms with Gasteiger partial charge in [-0.15, -0.1) is 0 Å². The highest BCUT2D eigenvalue weighted by atomic mass is 15.2. The zero-order chi connectivity index (χ0) is 35.3. The number of aliphatic imine (C=N–C) groups is 1. The zero-order valence-electron chi connectivity index (χ0n) is 28.9. The van der Waals surface area contributed by atoms with Gasteiger partial charge >= 0.3 is 0 Å². The summed E-state index contributed by atoms with van der Waals surface area (Å²) in [5.41, 5.74) is 14.9. The summed E-state index contributed by atoms with van der Waals surface area (Å²) >= 11 is 0. The molecule has 2 aromatic heterocycles. The molecule has 9 aromatic rings. The molecular formula is C48H33N5. The van der Waals surface area contributed by atoms with E-state index in [-0.39, 0.29) is 0 Å². The molecule has 0 atom stereocenters. The number of anilines is 2. The molecule has 0 amide bonds. The molecule has 0 fully saturated rings. The van der Waals surface area contributed by atoms with Crippen LogP contribution in [0.5, 0.6) is 0 Å². The van der Waals surface area contributed by atoms with Crippen molar-refractivity contribution in [2.45, 2.75) is 6.54 Å². The maximum absolute atomic E-state index is 5.14. The monoisotopic (exact) mass is 679 g/mol. The first-order valence-electron chi connectivity index (χ1n) is 17.8. The van der Waals surface area contributed by atoms with Crippen LogP contribution in [0.2, 0.25) is 0 Å². The van der Waals surface area contributed by atoms with Gasteiger partial charge in [-0.05, 0) is 66.4 Å². The predicted octanol–water partition coefficient (Wildman–Crippen LogP) is 12.2. The average molecular weight is 680 g/mol. The zero-order valence-corrected chi connectivity index (χ0v) is 28.9. The molecule has 0 unspecified atom stereocenters. The Labute approximate surface area is 307 Å². The first-order valence-corrected chi connectivity index (χ1v) is 17.8. The molecule has 7 aromatic carbocycles. The van der Waals surface area contributed by atoms with Crippen molar-refractivity contribution < 1.29 is 0 Å². The number of hydrogen-bond acceptors (Lipinski definition) is 4. The normalized spacial score (nSPS) is 12.1. The van der Waals surface area contributed by atoms with Crippen molar-refractivity contribution in [3.8, 4) is 50.7 Å². The quantitative estimate of drug-likeness (QED) is 0.164. The number of benzene rings is 7. The van der Waals surface area contributed by atoms with E-state index in [0.29, 0.717) is 5.82 Å². The average Bonchev–Trinajstić information content (AvgIpc) is 3.56. The minimum Gasteiger partial charge on any atom is -0.335 e. The molecule has 0 bridgehead atoms. The van der Waals surface area contributed by atoms with Crippen LogP contribution < -0.4 is 4.90 Å². The largest absolute Gasteiger partial charge is 0.335 e. The van der Waals surface area contributed by atoms with Crippen LogP contribution in [-0.2, 0) is 6.54 Å². The van der Waals surface area contributed by atoms with E-state index in [1.165, 1.54) is 27.5 Å². The Balaban J connectivity index is 1.19. The second-order valence-corrected chi connectivity index (χ2v) is 13.4. The van der Waals surface area contributed by atoms with Gasteiger partial charge in [0.2, 0.25) is 0 Å². The van der Waals surface area contributed by atoms with E-state index in [1.807, 2.05) is 48.5 Å². The lowest BCUT2D eigenvalue weighted by atomic mass is 9.91. The Morgan fingerprint density at radius 2 is 1.15 bits per heavy atom. The Morgan fingerprint density at radius 1 is 0.491 bits per heavy atom. The van der Waals surface area contributed by atoms with Crippen molar-refractivity contribution in [3.63, 3.8) is 0 Å². The number of nitrogens with zero attached hydrogens (tertiary/aromatic N) is 5. The van der Waals surface area contributed by atoms with Crippen molar-refractivity contribution in [1.29, 1.82) is 0 Å². The molecule has 0 saturated carbocycles. The van der Waals surface area contributed by atoms with Crippen LogP contribution in [-0.4, -0.2) is 21.3 Å². The lowest BCUT2D eigenvalue weighted by Gasteiger charge is -2.34. The van der Waals surface area contributed by atoms with Gasteiger partial charge in [-0.2, -0.15) is 0 Å². The minimum atomic E-state index is 0.685. The fourth-order valence-electron chi connectivity index (χ4n) is 7.81. The Morgan fingerprint density at radius 3 is 1.92 bits per heavy atom. The van der Waals surface area contributed by atoms with Crippen molar-refractivity contribution in [2.75, 3.05) is 4.90 Å². The van der Waals surface area contributed by atoms with Gasteiger partial charge < -0.3 is 9.47 Å². The highest BCUT2D eigenvalue weighted by Gasteiger charge is 2.27. The van der Waals surface area contributed by atoms with E-state index >= 15 is 0 Å². The third kappa shape index (κ3) is 5.21. The van der Waals surface area contributed by atoms with E-state index in [9.17, 15) is 0 Å². The summed E-state index contributed by atoms with van der Waals surface area (Å²) in [5, 5.41) is 2.38. The topological polar surface area (TPSA) is 46.3 Å². The SMILES string of the molecule is C=Nc1ccccc1N1Cc2ccccc2-c2cc3c(cc21)c1ccccc1n3-c1cccc(-c2nc(-c3ccccc3)cc(-c3ccccc3)n2)c1. The van der Waals surface area contributed by atoms with Crippen LogP contribution in [0.4, 0.5) is 17.1 Å². The molecule has 53 heavy (non-hydrogen) atoms. The highest BCUT2D eigenvalue weighted by Crippen LogP contribution is 2.48. The first kappa shape index (κ1) is 30.7. The number of hydrogen-bond donors (Lipinski definition) is 0. The molecule has 0 radical (unpaired) electrons. The van der Waals surface area contributed by atoms with Crippen LogP contribution in [0, 0.1) is 0 Å². The van der Waals surface area contributed by atoms with Gasteiger partial charge in [0.1, 0.15) is 0 Å². The third-order valence-electron chi connectivity index (χ3n) is 10.3. The number of rotatable bonds is 6.